The normalized spacial score (nSPS) is 30.2. The van der Waals surface area contributed by atoms with E-state index in [2.05, 4.69) is 17.1 Å². The summed E-state index contributed by atoms with van der Waals surface area (Å²) in [6.45, 7) is 5.42. The first-order chi connectivity index (χ1) is 8.21. The summed E-state index contributed by atoms with van der Waals surface area (Å²) in [7, 11) is 1.47. The van der Waals surface area contributed by atoms with Crippen molar-refractivity contribution < 1.29 is 9.53 Å². The van der Waals surface area contributed by atoms with Crippen molar-refractivity contribution in [3.63, 3.8) is 0 Å². The van der Waals surface area contributed by atoms with Gasteiger partial charge >= 0.3 is 5.97 Å². The van der Waals surface area contributed by atoms with Crippen molar-refractivity contribution in [2.75, 3.05) is 26.7 Å². The van der Waals surface area contributed by atoms with Crippen LogP contribution in [0.15, 0.2) is 0 Å². The molecule has 0 spiro atoms. The van der Waals surface area contributed by atoms with Crippen LogP contribution in [-0.4, -0.2) is 49.7 Å². The van der Waals surface area contributed by atoms with Crippen LogP contribution in [0, 0.1) is 5.92 Å². The Balaban J connectivity index is 1.84. The predicted octanol–water partition coefficient (Wildman–Crippen LogP) is 1.01. The van der Waals surface area contributed by atoms with Crippen LogP contribution in [0.2, 0.25) is 0 Å². The van der Waals surface area contributed by atoms with Gasteiger partial charge in [0.15, 0.2) is 0 Å². The summed E-state index contributed by atoms with van der Waals surface area (Å²) in [6.07, 6.45) is 4.33. The zero-order chi connectivity index (χ0) is 12.3. The van der Waals surface area contributed by atoms with Gasteiger partial charge in [0.1, 0.15) is 0 Å². The molecule has 98 valence electrons. The van der Waals surface area contributed by atoms with Gasteiger partial charge in [-0.1, -0.05) is 6.92 Å². The smallest absolute Gasteiger partial charge is 0.305 e. The molecule has 0 amide bonds. The lowest BCUT2D eigenvalue weighted by Gasteiger charge is -2.37. The maximum atomic E-state index is 11.4. The van der Waals surface area contributed by atoms with Crippen molar-refractivity contribution in [1.29, 1.82) is 0 Å². The Morgan fingerprint density at radius 1 is 1.35 bits per heavy atom. The monoisotopic (exact) mass is 240 g/mol. The number of nitrogens with zero attached hydrogens (tertiary/aromatic N) is 1. The van der Waals surface area contributed by atoms with E-state index in [-0.39, 0.29) is 5.97 Å². The van der Waals surface area contributed by atoms with E-state index in [0.717, 1.165) is 32.1 Å². The predicted molar refractivity (Wildman–Crippen MR) is 66.8 cm³/mol. The molecule has 2 unspecified atom stereocenters. The topological polar surface area (TPSA) is 41.6 Å². The molecule has 4 nitrogen and oxygen atoms in total. The first-order valence-corrected chi connectivity index (χ1v) is 6.76. The molecule has 1 heterocycles. The number of rotatable bonds is 5. The molecule has 1 aliphatic carbocycles. The minimum absolute atomic E-state index is 0.0712. The number of ether oxygens (including phenoxy) is 1. The molecule has 1 aliphatic heterocycles. The quantitative estimate of drug-likeness (QED) is 0.728. The van der Waals surface area contributed by atoms with Gasteiger partial charge in [0.25, 0.3) is 0 Å². The van der Waals surface area contributed by atoms with Crippen molar-refractivity contribution in [3.8, 4) is 0 Å². The van der Waals surface area contributed by atoms with Crippen LogP contribution in [0.5, 0.6) is 0 Å². The number of hydrogen-bond donors (Lipinski definition) is 1. The van der Waals surface area contributed by atoms with Crippen molar-refractivity contribution in [2.24, 2.45) is 5.92 Å². The maximum absolute atomic E-state index is 11.4. The van der Waals surface area contributed by atoms with Crippen LogP contribution in [0.4, 0.5) is 0 Å². The number of hydrogen-bond acceptors (Lipinski definition) is 4. The van der Waals surface area contributed by atoms with E-state index in [1.54, 1.807) is 0 Å². The van der Waals surface area contributed by atoms with Gasteiger partial charge in [-0.05, 0) is 31.7 Å². The zero-order valence-electron chi connectivity index (χ0n) is 10.9. The fourth-order valence-electron chi connectivity index (χ4n) is 2.73. The molecule has 0 radical (unpaired) electrons. The van der Waals surface area contributed by atoms with Gasteiger partial charge in [0.2, 0.25) is 0 Å². The molecule has 2 atom stereocenters. The molecule has 0 bridgehead atoms. The van der Waals surface area contributed by atoms with Crippen LogP contribution in [0.3, 0.4) is 0 Å². The molecule has 17 heavy (non-hydrogen) atoms. The second kappa shape index (κ2) is 5.83. The molecule has 2 aliphatic rings. The maximum Gasteiger partial charge on any atom is 0.305 e. The van der Waals surface area contributed by atoms with E-state index in [1.165, 1.54) is 20.0 Å². The SMILES string of the molecule is CCN1CC(CC(=O)OC)CC(NC2CC2)C1. The summed E-state index contributed by atoms with van der Waals surface area (Å²) >= 11 is 0. The summed E-state index contributed by atoms with van der Waals surface area (Å²) in [5, 5.41) is 3.68. The number of methoxy groups -OCH3 is 1. The summed E-state index contributed by atoms with van der Waals surface area (Å²) in [4.78, 5) is 13.8. The van der Waals surface area contributed by atoms with Crippen LogP contribution >= 0.6 is 0 Å². The highest BCUT2D eigenvalue weighted by Crippen LogP contribution is 2.25. The third-order valence-corrected chi connectivity index (χ3v) is 3.79. The molecule has 2 rings (SSSR count). The number of nitrogens with one attached hydrogen (secondary N) is 1. The standard InChI is InChI=1S/C13H24N2O2/c1-3-15-8-10(7-13(16)17-2)6-12(9-15)14-11-4-5-11/h10-12,14H,3-9H2,1-2H3. The Kier molecular flexibility index (Phi) is 4.40. The van der Waals surface area contributed by atoms with Gasteiger partial charge < -0.3 is 15.0 Å². The first kappa shape index (κ1) is 12.8. The fraction of sp³-hybridized carbons (Fsp3) is 0.923. The van der Waals surface area contributed by atoms with Gasteiger partial charge in [-0.25, -0.2) is 0 Å². The molecule has 0 aromatic rings. The van der Waals surface area contributed by atoms with Crippen molar-refractivity contribution >= 4 is 5.97 Å². The number of likely N-dealkylation sites (tertiary alicyclic amines) is 1. The molecule has 2 fully saturated rings. The minimum Gasteiger partial charge on any atom is -0.469 e. The van der Waals surface area contributed by atoms with Crippen molar-refractivity contribution in [2.45, 2.75) is 44.7 Å². The Morgan fingerprint density at radius 2 is 2.12 bits per heavy atom. The van der Waals surface area contributed by atoms with E-state index < -0.39 is 0 Å². The Morgan fingerprint density at radius 3 is 2.71 bits per heavy atom. The van der Waals surface area contributed by atoms with E-state index in [9.17, 15) is 4.79 Å². The van der Waals surface area contributed by atoms with Gasteiger partial charge in [0.05, 0.1) is 7.11 Å². The average molecular weight is 240 g/mol. The lowest BCUT2D eigenvalue weighted by Crippen LogP contribution is -2.50. The molecule has 0 aromatic carbocycles. The molecule has 1 saturated heterocycles. The Hall–Kier alpha value is -0.610. The second-order valence-electron chi connectivity index (χ2n) is 5.37. The van der Waals surface area contributed by atoms with Crippen molar-refractivity contribution in [3.05, 3.63) is 0 Å². The summed E-state index contributed by atoms with van der Waals surface area (Å²) in [5.74, 6) is 0.380. The number of piperidine rings is 1. The van der Waals surface area contributed by atoms with Crippen LogP contribution in [0.1, 0.15) is 32.6 Å². The minimum atomic E-state index is -0.0712. The summed E-state index contributed by atoms with van der Waals surface area (Å²) in [5.41, 5.74) is 0. The number of likely N-dealkylation sites (N-methyl/N-ethyl adjacent to an activating group) is 1. The zero-order valence-corrected chi connectivity index (χ0v) is 10.9. The summed E-state index contributed by atoms with van der Waals surface area (Å²) < 4.78 is 4.77. The largest absolute Gasteiger partial charge is 0.469 e. The van der Waals surface area contributed by atoms with Crippen LogP contribution in [-0.2, 0) is 9.53 Å². The highest BCUT2D eigenvalue weighted by atomic mass is 16.5. The molecule has 1 saturated carbocycles. The highest BCUT2D eigenvalue weighted by Gasteiger charge is 2.31. The number of carbonyl (C=O) groups is 1. The molecular formula is C13H24N2O2. The lowest BCUT2D eigenvalue weighted by molar-refractivity contribution is -0.142. The average Bonchev–Trinajstić information content (AvgIpc) is 3.12. The van der Waals surface area contributed by atoms with Gasteiger partial charge in [-0.3, -0.25) is 4.79 Å². The fourth-order valence-corrected chi connectivity index (χ4v) is 2.73. The lowest BCUT2D eigenvalue weighted by atomic mass is 9.91. The number of esters is 1. The van der Waals surface area contributed by atoms with E-state index >= 15 is 0 Å². The summed E-state index contributed by atoms with van der Waals surface area (Å²) in [6, 6.07) is 1.31. The number of carbonyl (C=O) groups excluding carboxylic acids is 1. The third-order valence-electron chi connectivity index (χ3n) is 3.79. The molecule has 1 N–H and O–H groups in total. The molecule has 0 aromatic heterocycles. The van der Waals surface area contributed by atoms with Gasteiger partial charge in [0, 0.05) is 31.6 Å². The van der Waals surface area contributed by atoms with Gasteiger partial charge in [-0.15, -0.1) is 0 Å². The Bertz CT molecular complexity index is 266. The van der Waals surface area contributed by atoms with Crippen LogP contribution < -0.4 is 5.32 Å². The molecular weight excluding hydrogens is 216 g/mol. The first-order valence-electron chi connectivity index (χ1n) is 6.76. The second-order valence-corrected chi connectivity index (χ2v) is 5.37. The third kappa shape index (κ3) is 3.96. The van der Waals surface area contributed by atoms with Crippen LogP contribution in [0.25, 0.3) is 0 Å². The van der Waals surface area contributed by atoms with E-state index in [0.29, 0.717) is 18.4 Å². The molecule has 4 heteroatoms. The van der Waals surface area contributed by atoms with E-state index in [4.69, 9.17) is 4.74 Å². The van der Waals surface area contributed by atoms with Gasteiger partial charge in [-0.2, -0.15) is 0 Å². The highest BCUT2D eigenvalue weighted by molar-refractivity contribution is 5.69. The Labute approximate surface area is 104 Å². The van der Waals surface area contributed by atoms with Crippen molar-refractivity contribution in [1.82, 2.24) is 10.2 Å². The van der Waals surface area contributed by atoms with E-state index in [1.807, 2.05) is 0 Å².